The van der Waals surface area contributed by atoms with E-state index in [9.17, 15) is 9.18 Å². The molecule has 0 aliphatic carbocycles. The molecule has 0 atom stereocenters. The van der Waals surface area contributed by atoms with Gasteiger partial charge in [-0.05, 0) is 49.4 Å². The van der Waals surface area contributed by atoms with E-state index in [0.29, 0.717) is 31.5 Å². The molecule has 0 unspecified atom stereocenters. The minimum Gasteiger partial charge on any atom is -0.423 e. The van der Waals surface area contributed by atoms with Crippen molar-refractivity contribution in [2.45, 2.75) is 25.7 Å². The quantitative estimate of drug-likeness (QED) is 0.862. The van der Waals surface area contributed by atoms with Crippen LogP contribution in [0.15, 0.2) is 27.4 Å². The molecule has 1 aromatic heterocycles. The van der Waals surface area contributed by atoms with Crippen LogP contribution in [-0.4, -0.2) is 26.3 Å². The van der Waals surface area contributed by atoms with Gasteiger partial charge in [0.1, 0.15) is 5.58 Å². The number of anilines is 1. The lowest BCUT2D eigenvalue weighted by Gasteiger charge is -2.31. The van der Waals surface area contributed by atoms with Crippen molar-refractivity contribution in [3.8, 4) is 0 Å². The highest BCUT2D eigenvalue weighted by molar-refractivity contribution is 5.86. The predicted octanol–water partition coefficient (Wildman–Crippen LogP) is 2.41. The second-order valence-electron chi connectivity index (χ2n) is 5.74. The first kappa shape index (κ1) is 15.0. The summed E-state index contributed by atoms with van der Waals surface area (Å²) in [6.07, 6.45) is 3.24. The monoisotopic (exact) mass is 303 g/mol. The molecule has 1 aliphatic rings. The summed E-state index contributed by atoms with van der Waals surface area (Å²) < 4.78 is 17.8. The summed E-state index contributed by atoms with van der Waals surface area (Å²) in [5.74, 6) is 0. The first-order chi connectivity index (χ1) is 10.7. The summed E-state index contributed by atoms with van der Waals surface area (Å²) in [7, 11) is 0. The number of benzene rings is 1. The highest BCUT2D eigenvalue weighted by atomic mass is 18.2. The van der Waals surface area contributed by atoms with Crippen molar-refractivity contribution in [1.82, 2.24) is 0 Å². The molecule has 22 heavy (non-hydrogen) atoms. The molecule has 3 rings (SSSR count). The minimum atomic E-state index is -0.345. The van der Waals surface area contributed by atoms with Crippen LogP contribution in [0.5, 0.6) is 0 Å². The molecule has 2 N–H and O–H groups in total. The normalized spacial score (nSPS) is 14.4. The first-order valence-corrected chi connectivity index (χ1v) is 7.83. The lowest BCUT2D eigenvalue weighted by atomic mass is 9.97. The smallest absolute Gasteiger partial charge is 0.336 e. The number of alkyl halides is 1. The molecule has 0 saturated heterocycles. The van der Waals surface area contributed by atoms with E-state index in [0.717, 1.165) is 36.0 Å². The molecule has 0 bridgehead atoms. The Bertz CT molecular complexity index is 726. The van der Waals surface area contributed by atoms with E-state index >= 15 is 0 Å². The molecule has 118 valence electrons. The Kier molecular flexibility index (Phi) is 4.43. The Balaban J connectivity index is 2.10. The van der Waals surface area contributed by atoms with Crippen LogP contribution in [0.3, 0.4) is 0 Å². The lowest BCUT2D eigenvalue weighted by Crippen LogP contribution is -2.30. The van der Waals surface area contributed by atoms with Gasteiger partial charge in [-0.3, -0.25) is 4.39 Å². The molecule has 1 aromatic carbocycles. The van der Waals surface area contributed by atoms with Gasteiger partial charge in [0.25, 0.3) is 0 Å². The van der Waals surface area contributed by atoms with Gasteiger partial charge in [-0.2, -0.15) is 0 Å². The molecule has 2 heterocycles. The second-order valence-corrected chi connectivity index (χ2v) is 5.74. The predicted molar refractivity (Wildman–Crippen MR) is 86.4 cm³/mol. The zero-order chi connectivity index (χ0) is 15.5. The molecule has 0 amide bonds. The van der Waals surface area contributed by atoms with Gasteiger partial charge >= 0.3 is 5.63 Å². The van der Waals surface area contributed by atoms with E-state index in [1.54, 1.807) is 0 Å². The maximum absolute atomic E-state index is 12.5. The molecular formula is C17H21FN2O2. The zero-order valence-corrected chi connectivity index (χ0v) is 12.6. The van der Waals surface area contributed by atoms with Gasteiger partial charge in [-0.1, -0.05) is 0 Å². The van der Waals surface area contributed by atoms with Crippen LogP contribution in [0.2, 0.25) is 0 Å². The van der Waals surface area contributed by atoms with Gasteiger partial charge in [0.15, 0.2) is 0 Å². The van der Waals surface area contributed by atoms with Gasteiger partial charge in [-0.15, -0.1) is 0 Å². The number of fused-ring (bicyclic) bond motifs is 2. The topological polar surface area (TPSA) is 59.5 Å². The standard InChI is InChI=1S/C17H21FN2O2/c18-5-2-8-20-7-1-3-13-9-14-12(4-6-19)10-17(21)22-16(14)11-15(13)20/h9-11H,1-8,19H2/i18-1. The van der Waals surface area contributed by atoms with Crippen molar-refractivity contribution >= 4 is 16.7 Å². The largest absolute Gasteiger partial charge is 0.423 e. The van der Waals surface area contributed by atoms with Crippen molar-refractivity contribution in [2.24, 2.45) is 5.73 Å². The molecule has 0 saturated carbocycles. The van der Waals surface area contributed by atoms with E-state index < -0.39 is 0 Å². The SMILES string of the molecule is NCCc1cc(=O)oc2cc3c(cc12)CCCN3CCC[18F]. The molecule has 0 fully saturated rings. The van der Waals surface area contributed by atoms with E-state index in [1.807, 2.05) is 6.07 Å². The van der Waals surface area contributed by atoms with Crippen LogP contribution < -0.4 is 16.3 Å². The Morgan fingerprint density at radius 1 is 1.32 bits per heavy atom. The van der Waals surface area contributed by atoms with Crippen molar-refractivity contribution in [1.29, 1.82) is 0 Å². The van der Waals surface area contributed by atoms with Crippen molar-refractivity contribution in [2.75, 3.05) is 31.2 Å². The van der Waals surface area contributed by atoms with E-state index in [1.165, 1.54) is 11.6 Å². The van der Waals surface area contributed by atoms with Crippen molar-refractivity contribution in [3.63, 3.8) is 0 Å². The molecule has 0 spiro atoms. The molecule has 5 heteroatoms. The summed E-state index contributed by atoms with van der Waals surface area (Å²) in [6.45, 7) is 1.81. The third kappa shape index (κ3) is 2.86. The van der Waals surface area contributed by atoms with Crippen molar-refractivity contribution < 1.29 is 8.81 Å². The van der Waals surface area contributed by atoms with Crippen LogP contribution in [0.1, 0.15) is 24.0 Å². The molecule has 2 aromatic rings. The summed E-state index contributed by atoms with van der Waals surface area (Å²) in [4.78, 5) is 13.9. The highest BCUT2D eigenvalue weighted by Gasteiger charge is 2.19. The number of halogens is 1. The average molecular weight is 303 g/mol. The molecular weight excluding hydrogens is 282 g/mol. The minimum absolute atomic E-state index is 0.310. The van der Waals surface area contributed by atoms with Crippen LogP contribution in [0.4, 0.5) is 10.1 Å². The fourth-order valence-electron chi connectivity index (χ4n) is 3.23. The number of hydrogen-bond acceptors (Lipinski definition) is 4. The molecule has 4 nitrogen and oxygen atoms in total. The third-order valence-corrected chi connectivity index (χ3v) is 4.22. The lowest BCUT2D eigenvalue weighted by molar-refractivity contribution is 0.468. The summed E-state index contributed by atoms with van der Waals surface area (Å²) in [5.41, 5.74) is 9.15. The van der Waals surface area contributed by atoms with Crippen LogP contribution in [-0.2, 0) is 12.8 Å². The first-order valence-electron chi connectivity index (χ1n) is 7.83. The van der Waals surface area contributed by atoms with Gasteiger partial charge in [0.2, 0.25) is 0 Å². The number of nitrogens with zero attached hydrogens (tertiary/aromatic N) is 1. The van der Waals surface area contributed by atoms with Crippen LogP contribution in [0.25, 0.3) is 11.0 Å². The Morgan fingerprint density at radius 2 is 2.18 bits per heavy atom. The Morgan fingerprint density at radius 3 is 2.95 bits per heavy atom. The number of nitrogens with two attached hydrogens (primary N) is 1. The number of rotatable bonds is 5. The average Bonchev–Trinajstić information content (AvgIpc) is 2.51. The van der Waals surface area contributed by atoms with Gasteiger partial charge < -0.3 is 15.1 Å². The van der Waals surface area contributed by atoms with Crippen LogP contribution in [0, 0.1) is 0 Å². The molecule has 1 aliphatic heterocycles. The Labute approximate surface area is 128 Å². The fourth-order valence-corrected chi connectivity index (χ4v) is 3.23. The maximum atomic E-state index is 12.5. The highest BCUT2D eigenvalue weighted by Crippen LogP contribution is 2.32. The van der Waals surface area contributed by atoms with Crippen LogP contribution >= 0.6 is 0 Å². The van der Waals surface area contributed by atoms with Crippen molar-refractivity contribution in [3.05, 3.63) is 39.7 Å². The fraction of sp³-hybridized carbons (Fsp3) is 0.471. The summed E-state index contributed by atoms with van der Waals surface area (Å²) >= 11 is 0. The maximum Gasteiger partial charge on any atom is 0.336 e. The van der Waals surface area contributed by atoms with Gasteiger partial charge in [-0.25, -0.2) is 4.79 Å². The van der Waals surface area contributed by atoms with E-state index in [-0.39, 0.29) is 12.3 Å². The number of aryl methyl sites for hydroxylation is 1. The van der Waals surface area contributed by atoms with Gasteiger partial charge in [0, 0.05) is 36.3 Å². The second kappa shape index (κ2) is 6.48. The molecule has 0 radical (unpaired) electrons. The zero-order valence-electron chi connectivity index (χ0n) is 12.6. The van der Waals surface area contributed by atoms with E-state index in [4.69, 9.17) is 10.2 Å². The summed E-state index contributed by atoms with van der Waals surface area (Å²) in [6, 6.07) is 5.58. The number of hydrogen-bond donors (Lipinski definition) is 1. The van der Waals surface area contributed by atoms with Gasteiger partial charge in [0.05, 0.1) is 6.67 Å². The third-order valence-electron chi connectivity index (χ3n) is 4.22. The Hall–Kier alpha value is -1.88. The van der Waals surface area contributed by atoms with E-state index in [2.05, 4.69) is 11.0 Å². The summed E-state index contributed by atoms with van der Waals surface area (Å²) in [5, 5.41) is 0.969.